The van der Waals surface area contributed by atoms with E-state index in [1.165, 1.54) is 0 Å². The van der Waals surface area contributed by atoms with Gasteiger partial charge < -0.3 is 5.73 Å². The van der Waals surface area contributed by atoms with Crippen molar-refractivity contribution < 1.29 is 4.79 Å². The third-order valence-corrected chi connectivity index (χ3v) is 2.36. The highest BCUT2D eigenvalue weighted by atomic mass is 16.1. The van der Waals surface area contributed by atoms with Gasteiger partial charge in [0.2, 0.25) is 0 Å². The van der Waals surface area contributed by atoms with Crippen molar-refractivity contribution in [2.45, 2.75) is 33.1 Å². The quantitative estimate of drug-likeness (QED) is 0.587. The molecule has 0 bridgehead atoms. The fourth-order valence-corrected chi connectivity index (χ4v) is 1.30. The highest BCUT2D eigenvalue weighted by Gasteiger charge is 2.05. The summed E-state index contributed by atoms with van der Waals surface area (Å²) in [6.07, 6.45) is 2.62. The van der Waals surface area contributed by atoms with E-state index in [0.29, 0.717) is 12.1 Å². The average Bonchev–Trinajstić information content (AvgIpc) is 2.18. The summed E-state index contributed by atoms with van der Waals surface area (Å²) in [6, 6.07) is 5.52. The highest BCUT2D eigenvalue weighted by molar-refractivity contribution is 5.96. The van der Waals surface area contributed by atoms with Gasteiger partial charge in [-0.25, -0.2) is 0 Å². The second-order valence-corrected chi connectivity index (χ2v) is 3.60. The van der Waals surface area contributed by atoms with Crippen molar-refractivity contribution in [2.75, 3.05) is 5.73 Å². The van der Waals surface area contributed by atoms with Crippen molar-refractivity contribution >= 4 is 11.5 Å². The summed E-state index contributed by atoms with van der Waals surface area (Å²) < 4.78 is 0. The van der Waals surface area contributed by atoms with E-state index < -0.39 is 0 Å². The second kappa shape index (κ2) is 4.80. The number of carbonyl (C=O) groups excluding carboxylic acids is 1. The SMILES string of the molecule is CCCCC(=O)c1ccc(C)c(N)c1. The third-order valence-electron chi connectivity index (χ3n) is 2.36. The van der Waals surface area contributed by atoms with E-state index in [0.717, 1.165) is 24.0 Å². The number of nitrogens with two attached hydrogens (primary N) is 1. The van der Waals surface area contributed by atoms with Gasteiger partial charge in [-0.2, -0.15) is 0 Å². The van der Waals surface area contributed by atoms with Gasteiger partial charge in [0.25, 0.3) is 0 Å². The molecule has 0 aliphatic rings. The fourth-order valence-electron chi connectivity index (χ4n) is 1.30. The molecule has 0 saturated heterocycles. The van der Waals surface area contributed by atoms with Crippen LogP contribution in [0.5, 0.6) is 0 Å². The molecule has 0 spiro atoms. The normalized spacial score (nSPS) is 10.1. The molecule has 2 heteroatoms. The van der Waals surface area contributed by atoms with Gasteiger partial charge in [0.05, 0.1) is 0 Å². The molecule has 0 amide bonds. The molecule has 0 atom stereocenters. The highest BCUT2D eigenvalue weighted by Crippen LogP contribution is 2.15. The Morgan fingerprint density at radius 3 is 2.71 bits per heavy atom. The summed E-state index contributed by atoms with van der Waals surface area (Å²) in [5, 5.41) is 0. The van der Waals surface area contributed by atoms with Gasteiger partial charge in [-0.1, -0.05) is 25.5 Å². The Hall–Kier alpha value is -1.31. The van der Waals surface area contributed by atoms with Gasteiger partial charge in [-0.3, -0.25) is 4.79 Å². The third kappa shape index (κ3) is 2.59. The van der Waals surface area contributed by atoms with Crippen molar-refractivity contribution in [3.63, 3.8) is 0 Å². The molecule has 1 rings (SSSR count). The smallest absolute Gasteiger partial charge is 0.162 e. The van der Waals surface area contributed by atoms with E-state index in [4.69, 9.17) is 5.73 Å². The summed E-state index contributed by atoms with van der Waals surface area (Å²) in [6.45, 7) is 4.02. The van der Waals surface area contributed by atoms with Gasteiger partial charge in [0.15, 0.2) is 5.78 Å². The topological polar surface area (TPSA) is 43.1 Å². The minimum Gasteiger partial charge on any atom is -0.398 e. The van der Waals surface area contributed by atoms with Crippen molar-refractivity contribution in [3.8, 4) is 0 Å². The number of nitrogen functional groups attached to an aromatic ring is 1. The lowest BCUT2D eigenvalue weighted by atomic mass is 10.0. The van der Waals surface area contributed by atoms with E-state index in [1.807, 2.05) is 19.1 Å². The molecule has 0 aliphatic carbocycles. The zero-order valence-corrected chi connectivity index (χ0v) is 8.84. The molecule has 0 heterocycles. The lowest BCUT2D eigenvalue weighted by Crippen LogP contribution is -2.00. The Balaban J connectivity index is 2.76. The van der Waals surface area contributed by atoms with Crippen LogP contribution in [0.3, 0.4) is 0 Å². The van der Waals surface area contributed by atoms with E-state index in [-0.39, 0.29) is 5.78 Å². The van der Waals surface area contributed by atoms with Gasteiger partial charge in [0, 0.05) is 17.7 Å². The van der Waals surface area contributed by atoms with Crippen LogP contribution in [0.2, 0.25) is 0 Å². The van der Waals surface area contributed by atoms with Gasteiger partial charge in [-0.15, -0.1) is 0 Å². The average molecular weight is 191 g/mol. The van der Waals surface area contributed by atoms with Crippen molar-refractivity contribution in [2.24, 2.45) is 0 Å². The van der Waals surface area contributed by atoms with Crippen LogP contribution >= 0.6 is 0 Å². The molecular formula is C12H17NO. The molecule has 14 heavy (non-hydrogen) atoms. The maximum Gasteiger partial charge on any atom is 0.162 e. The van der Waals surface area contributed by atoms with Crippen LogP contribution in [0.4, 0.5) is 5.69 Å². The maximum absolute atomic E-state index is 11.6. The number of Topliss-reactive ketones (excluding diaryl/α,β-unsaturated/α-hetero) is 1. The zero-order chi connectivity index (χ0) is 10.6. The minimum absolute atomic E-state index is 0.193. The Bertz CT molecular complexity index is 331. The first-order valence-electron chi connectivity index (χ1n) is 5.04. The Kier molecular flexibility index (Phi) is 3.69. The zero-order valence-electron chi connectivity index (χ0n) is 8.84. The van der Waals surface area contributed by atoms with Crippen LogP contribution in [0.25, 0.3) is 0 Å². The number of unbranched alkanes of at least 4 members (excludes halogenated alkanes) is 1. The molecule has 1 aromatic carbocycles. The van der Waals surface area contributed by atoms with E-state index in [2.05, 4.69) is 6.92 Å². The summed E-state index contributed by atoms with van der Waals surface area (Å²) in [5.41, 5.74) is 8.20. The predicted molar refractivity (Wildman–Crippen MR) is 59.4 cm³/mol. The molecular weight excluding hydrogens is 174 g/mol. The Labute approximate surface area is 85.1 Å². The van der Waals surface area contributed by atoms with Crippen LogP contribution in [-0.4, -0.2) is 5.78 Å². The number of hydrogen-bond donors (Lipinski definition) is 1. The molecule has 0 fully saturated rings. The largest absolute Gasteiger partial charge is 0.398 e. The molecule has 0 unspecified atom stereocenters. The molecule has 2 N–H and O–H groups in total. The van der Waals surface area contributed by atoms with Gasteiger partial charge in [0.1, 0.15) is 0 Å². The molecule has 2 nitrogen and oxygen atoms in total. The number of hydrogen-bond acceptors (Lipinski definition) is 2. The fraction of sp³-hybridized carbons (Fsp3) is 0.417. The minimum atomic E-state index is 0.193. The van der Waals surface area contributed by atoms with Crippen molar-refractivity contribution in [1.29, 1.82) is 0 Å². The van der Waals surface area contributed by atoms with E-state index in [1.54, 1.807) is 6.07 Å². The number of rotatable bonds is 4. The first kappa shape index (κ1) is 10.8. The first-order valence-corrected chi connectivity index (χ1v) is 5.04. The van der Waals surface area contributed by atoms with Gasteiger partial charge >= 0.3 is 0 Å². The van der Waals surface area contributed by atoms with Gasteiger partial charge in [-0.05, 0) is 25.0 Å². The van der Waals surface area contributed by atoms with E-state index >= 15 is 0 Å². The second-order valence-electron chi connectivity index (χ2n) is 3.60. The van der Waals surface area contributed by atoms with Crippen molar-refractivity contribution in [3.05, 3.63) is 29.3 Å². The monoisotopic (exact) mass is 191 g/mol. The van der Waals surface area contributed by atoms with E-state index in [9.17, 15) is 4.79 Å². The van der Waals surface area contributed by atoms with Crippen LogP contribution in [0, 0.1) is 6.92 Å². The molecule has 0 aliphatic heterocycles. The Morgan fingerprint density at radius 1 is 1.43 bits per heavy atom. The summed E-state index contributed by atoms with van der Waals surface area (Å²) in [7, 11) is 0. The standard InChI is InChI=1S/C12H17NO/c1-3-4-5-12(14)10-7-6-9(2)11(13)8-10/h6-8H,3-5,13H2,1-2H3. The summed E-state index contributed by atoms with van der Waals surface area (Å²) in [5.74, 6) is 0.193. The van der Waals surface area contributed by atoms with Crippen LogP contribution in [0.1, 0.15) is 42.1 Å². The summed E-state index contributed by atoms with van der Waals surface area (Å²) in [4.78, 5) is 11.6. The molecule has 0 aromatic heterocycles. The summed E-state index contributed by atoms with van der Waals surface area (Å²) >= 11 is 0. The maximum atomic E-state index is 11.6. The lowest BCUT2D eigenvalue weighted by Gasteiger charge is -2.03. The van der Waals surface area contributed by atoms with Crippen LogP contribution < -0.4 is 5.73 Å². The first-order chi connectivity index (χ1) is 6.65. The number of ketones is 1. The van der Waals surface area contributed by atoms with Crippen LogP contribution in [0.15, 0.2) is 18.2 Å². The number of aryl methyl sites for hydroxylation is 1. The number of anilines is 1. The number of carbonyl (C=O) groups is 1. The molecule has 0 saturated carbocycles. The number of benzene rings is 1. The van der Waals surface area contributed by atoms with Crippen LogP contribution in [-0.2, 0) is 0 Å². The predicted octanol–water partition coefficient (Wildman–Crippen LogP) is 2.95. The Morgan fingerprint density at radius 2 is 2.14 bits per heavy atom. The molecule has 1 aromatic rings. The van der Waals surface area contributed by atoms with Crippen molar-refractivity contribution in [1.82, 2.24) is 0 Å². The lowest BCUT2D eigenvalue weighted by molar-refractivity contribution is 0.0980. The molecule has 76 valence electrons. The molecule has 0 radical (unpaired) electrons.